The summed E-state index contributed by atoms with van der Waals surface area (Å²) < 4.78 is 87.3. The fourth-order valence-corrected chi connectivity index (χ4v) is 2.26. The molecule has 0 aliphatic rings. The van der Waals surface area contributed by atoms with Crippen LogP contribution in [0, 0.1) is 10.1 Å². The lowest BCUT2D eigenvalue weighted by Crippen LogP contribution is -2.46. The van der Waals surface area contributed by atoms with Gasteiger partial charge in [0.05, 0.1) is 4.92 Å². The van der Waals surface area contributed by atoms with Crippen LogP contribution in [0.1, 0.15) is 26.3 Å². The zero-order valence-corrected chi connectivity index (χ0v) is 16.8. The van der Waals surface area contributed by atoms with Gasteiger partial charge in [0.25, 0.3) is 0 Å². The molecule has 1 aromatic carbocycles. The van der Waals surface area contributed by atoms with E-state index in [0.717, 1.165) is 12.1 Å². The molecule has 0 saturated heterocycles. The summed E-state index contributed by atoms with van der Waals surface area (Å²) in [5, 5.41) is 13.2. The average Bonchev–Trinajstić information content (AvgIpc) is 2.55. The van der Waals surface area contributed by atoms with Crippen molar-refractivity contribution in [2.75, 3.05) is 6.61 Å². The van der Waals surface area contributed by atoms with Gasteiger partial charge in [-0.15, -0.1) is 13.2 Å². The molecule has 32 heavy (non-hydrogen) atoms. The number of esters is 1. The number of hydrogen-bond donors (Lipinski definition) is 1. The molecule has 0 aliphatic carbocycles. The number of amides is 1. The minimum Gasteiger partial charge on any atom is -0.454 e. The summed E-state index contributed by atoms with van der Waals surface area (Å²) in [5.41, 5.74) is -2.84. The highest BCUT2D eigenvalue weighted by Gasteiger charge is 2.37. The Labute approximate surface area is 176 Å². The average molecular weight is 476 g/mol. The van der Waals surface area contributed by atoms with Gasteiger partial charge in [0, 0.05) is 12.0 Å². The largest absolute Gasteiger partial charge is 0.573 e. The molecule has 15 heteroatoms. The number of benzene rings is 1. The maximum absolute atomic E-state index is 12.5. The van der Waals surface area contributed by atoms with Crippen LogP contribution in [-0.4, -0.2) is 47.8 Å². The number of nitrogens with one attached hydrogen (secondary N) is 1. The van der Waals surface area contributed by atoms with Crippen LogP contribution < -0.4 is 10.1 Å². The molecule has 180 valence electrons. The van der Waals surface area contributed by atoms with Crippen molar-refractivity contribution in [3.8, 4) is 5.75 Å². The third-order valence-electron chi connectivity index (χ3n) is 3.27. The van der Waals surface area contributed by atoms with Crippen molar-refractivity contribution in [3.63, 3.8) is 0 Å². The molecule has 0 aliphatic heterocycles. The van der Waals surface area contributed by atoms with E-state index in [1.54, 1.807) is 0 Å². The van der Waals surface area contributed by atoms with Gasteiger partial charge in [-0.25, -0.2) is 9.59 Å². The first-order valence-corrected chi connectivity index (χ1v) is 8.63. The molecular weight excluding hydrogens is 458 g/mol. The number of halogens is 6. The fraction of sp³-hybridized carbons (Fsp3) is 0.529. The van der Waals surface area contributed by atoms with E-state index < -0.39 is 71.2 Å². The molecule has 0 saturated carbocycles. The Morgan fingerprint density at radius 1 is 1.12 bits per heavy atom. The molecule has 9 nitrogen and oxygen atoms in total. The molecule has 1 unspecified atom stereocenters. The number of ether oxygens (including phenoxy) is 3. The summed E-state index contributed by atoms with van der Waals surface area (Å²) in [4.78, 5) is 34.2. The Morgan fingerprint density at radius 2 is 1.72 bits per heavy atom. The van der Waals surface area contributed by atoms with Crippen LogP contribution >= 0.6 is 0 Å². The zero-order valence-electron chi connectivity index (χ0n) is 16.8. The van der Waals surface area contributed by atoms with E-state index in [1.807, 2.05) is 5.32 Å². The van der Waals surface area contributed by atoms with Gasteiger partial charge in [0.1, 0.15) is 11.6 Å². The van der Waals surface area contributed by atoms with Gasteiger partial charge in [0.15, 0.2) is 6.61 Å². The van der Waals surface area contributed by atoms with Crippen molar-refractivity contribution >= 4 is 17.7 Å². The van der Waals surface area contributed by atoms with Crippen molar-refractivity contribution in [2.24, 2.45) is 0 Å². The topological polar surface area (TPSA) is 117 Å². The molecule has 0 bridgehead atoms. The Hall–Kier alpha value is -3.26. The van der Waals surface area contributed by atoms with E-state index >= 15 is 0 Å². The van der Waals surface area contributed by atoms with Crippen molar-refractivity contribution in [2.45, 2.75) is 51.4 Å². The number of para-hydroxylation sites is 1. The van der Waals surface area contributed by atoms with E-state index in [1.165, 1.54) is 20.8 Å². The molecule has 0 aromatic heterocycles. The minimum atomic E-state index is -5.29. The number of rotatable bonds is 7. The number of carbonyl (C=O) groups is 2. The lowest BCUT2D eigenvalue weighted by atomic mass is 10.0. The summed E-state index contributed by atoms with van der Waals surface area (Å²) in [6.07, 6.45) is -12.4. The van der Waals surface area contributed by atoms with Crippen LogP contribution in [0.5, 0.6) is 5.75 Å². The first-order chi connectivity index (χ1) is 14.4. The van der Waals surface area contributed by atoms with Crippen LogP contribution in [0.25, 0.3) is 0 Å². The molecule has 1 aromatic rings. The van der Waals surface area contributed by atoms with Crippen molar-refractivity contribution in [1.29, 1.82) is 0 Å². The summed E-state index contributed by atoms with van der Waals surface area (Å²) in [6.45, 7) is 2.28. The smallest absolute Gasteiger partial charge is 0.454 e. The number of alkyl halides is 6. The lowest BCUT2D eigenvalue weighted by molar-refractivity contribution is -0.389. The molecular formula is C17H18F6N2O7. The second-order valence-corrected chi connectivity index (χ2v) is 7.19. The maximum Gasteiger partial charge on any atom is 0.573 e. The second-order valence-electron chi connectivity index (χ2n) is 7.19. The number of nitro groups is 1. The molecule has 1 amide bonds. The minimum absolute atomic E-state index is 0.554. The quantitative estimate of drug-likeness (QED) is 0.273. The van der Waals surface area contributed by atoms with Crippen LogP contribution in [-0.2, 0) is 20.7 Å². The second kappa shape index (κ2) is 9.91. The van der Waals surface area contributed by atoms with Gasteiger partial charge < -0.3 is 19.5 Å². The number of nitrogens with zero attached hydrogens (tertiary/aromatic N) is 1. The fourth-order valence-electron chi connectivity index (χ4n) is 2.26. The summed E-state index contributed by atoms with van der Waals surface area (Å²) in [5.74, 6) is -2.87. The summed E-state index contributed by atoms with van der Waals surface area (Å²) >= 11 is 0. The Kier molecular flexibility index (Phi) is 8.29. The van der Waals surface area contributed by atoms with Gasteiger partial charge in [-0.2, -0.15) is 13.2 Å². The normalized spacial score (nSPS) is 13.2. The van der Waals surface area contributed by atoms with E-state index in [9.17, 15) is 46.0 Å². The van der Waals surface area contributed by atoms with Crippen molar-refractivity contribution in [3.05, 3.63) is 33.9 Å². The molecule has 1 N–H and O–H groups in total. The maximum atomic E-state index is 12.5. The van der Waals surface area contributed by atoms with Crippen LogP contribution in [0.4, 0.5) is 36.8 Å². The Morgan fingerprint density at radius 3 is 2.19 bits per heavy atom. The molecule has 0 radical (unpaired) electrons. The van der Waals surface area contributed by atoms with Gasteiger partial charge >= 0.3 is 30.3 Å². The molecule has 1 rings (SSSR count). The predicted molar refractivity (Wildman–Crippen MR) is 93.7 cm³/mol. The highest BCUT2D eigenvalue weighted by atomic mass is 19.4. The van der Waals surface area contributed by atoms with E-state index in [2.05, 4.69) is 9.47 Å². The molecule has 1 atom stereocenters. The predicted octanol–water partition coefficient (Wildman–Crippen LogP) is 4.03. The monoisotopic (exact) mass is 476 g/mol. The van der Waals surface area contributed by atoms with Crippen LogP contribution in [0.3, 0.4) is 0 Å². The molecule has 0 heterocycles. The SMILES string of the molecule is CC(C)(C)OC(=O)NC(Cc1cccc(OC(F)(F)F)c1[N+](=O)[O-])C(=O)OCC(F)(F)F. The van der Waals surface area contributed by atoms with Gasteiger partial charge in [-0.1, -0.05) is 12.1 Å². The number of alkyl carbamates (subject to hydrolysis) is 1. The van der Waals surface area contributed by atoms with Gasteiger partial charge in [-0.05, 0) is 26.8 Å². The highest BCUT2D eigenvalue weighted by Crippen LogP contribution is 2.35. The Balaban J connectivity index is 3.28. The van der Waals surface area contributed by atoms with Gasteiger partial charge in [-0.3, -0.25) is 10.1 Å². The highest BCUT2D eigenvalue weighted by molar-refractivity contribution is 5.82. The number of nitro benzene ring substituents is 1. The van der Waals surface area contributed by atoms with E-state index in [0.29, 0.717) is 6.07 Å². The van der Waals surface area contributed by atoms with E-state index in [-0.39, 0.29) is 0 Å². The summed E-state index contributed by atoms with van der Waals surface area (Å²) in [6, 6.07) is 0.525. The first kappa shape index (κ1) is 26.8. The van der Waals surface area contributed by atoms with E-state index in [4.69, 9.17) is 4.74 Å². The molecule has 0 fully saturated rings. The van der Waals surface area contributed by atoms with Crippen molar-refractivity contribution in [1.82, 2.24) is 5.32 Å². The van der Waals surface area contributed by atoms with Crippen LogP contribution in [0.2, 0.25) is 0 Å². The van der Waals surface area contributed by atoms with Gasteiger partial charge in [0.2, 0.25) is 5.75 Å². The standard InChI is InChI=1S/C17H18F6N2O7/c1-15(2,3)32-14(27)24-10(13(26)30-8-16(18,19)20)7-9-5-4-6-11(12(9)25(28)29)31-17(21,22)23/h4-6,10H,7-8H2,1-3H3,(H,24,27). The third kappa shape index (κ3) is 9.70. The third-order valence-corrected chi connectivity index (χ3v) is 3.27. The summed E-state index contributed by atoms with van der Waals surface area (Å²) in [7, 11) is 0. The zero-order chi connectivity index (χ0) is 24.9. The number of carbonyl (C=O) groups excluding carboxylic acids is 2. The lowest BCUT2D eigenvalue weighted by Gasteiger charge is -2.23. The number of hydrogen-bond acceptors (Lipinski definition) is 7. The molecule has 0 spiro atoms. The van der Waals surface area contributed by atoms with Crippen molar-refractivity contribution < 1.29 is 55.1 Å². The van der Waals surface area contributed by atoms with Crippen LogP contribution in [0.15, 0.2) is 18.2 Å². The Bertz CT molecular complexity index is 849. The first-order valence-electron chi connectivity index (χ1n) is 8.63.